The molecule has 1 N–H and O–H groups in total. The van der Waals surface area contributed by atoms with Gasteiger partial charge in [0.1, 0.15) is 0 Å². The van der Waals surface area contributed by atoms with Crippen molar-refractivity contribution in [1.82, 2.24) is 5.32 Å². The lowest BCUT2D eigenvalue weighted by molar-refractivity contribution is 0.297. The number of ether oxygens (including phenoxy) is 2. The van der Waals surface area contributed by atoms with Crippen molar-refractivity contribution >= 4 is 27.3 Å². The van der Waals surface area contributed by atoms with Gasteiger partial charge in [0.05, 0.1) is 19.3 Å². The Labute approximate surface area is 131 Å². The van der Waals surface area contributed by atoms with E-state index in [9.17, 15) is 0 Å². The third-order valence-corrected chi connectivity index (χ3v) is 5.24. The van der Waals surface area contributed by atoms with Gasteiger partial charge in [0.25, 0.3) is 0 Å². The molecule has 1 unspecified atom stereocenters. The number of rotatable bonds is 3. The molecule has 1 aromatic carbocycles. The van der Waals surface area contributed by atoms with Gasteiger partial charge < -0.3 is 14.8 Å². The van der Waals surface area contributed by atoms with Gasteiger partial charge in [-0.2, -0.15) is 0 Å². The summed E-state index contributed by atoms with van der Waals surface area (Å²) in [6, 6.07) is 8.41. The minimum Gasteiger partial charge on any atom is -0.490 e. The first-order valence-corrected chi connectivity index (χ1v) is 8.26. The molecule has 20 heavy (non-hydrogen) atoms. The zero-order valence-corrected chi connectivity index (χ0v) is 13.6. The van der Waals surface area contributed by atoms with Gasteiger partial charge in [-0.1, -0.05) is 6.07 Å². The van der Waals surface area contributed by atoms with Crippen molar-refractivity contribution in [2.45, 2.75) is 12.5 Å². The minimum absolute atomic E-state index is 0.154. The maximum atomic E-state index is 5.77. The molecule has 106 valence electrons. The molecule has 1 aliphatic rings. The zero-order chi connectivity index (χ0) is 13.9. The van der Waals surface area contributed by atoms with Crippen LogP contribution in [-0.4, -0.2) is 20.3 Å². The Balaban J connectivity index is 1.96. The molecule has 5 heteroatoms. The number of thiophene rings is 1. The molecule has 0 fully saturated rings. The average Bonchev–Trinajstić information content (AvgIpc) is 2.75. The summed E-state index contributed by atoms with van der Waals surface area (Å²) in [5.74, 6) is 1.68. The van der Waals surface area contributed by atoms with Crippen LogP contribution in [0.3, 0.4) is 0 Å². The second kappa shape index (κ2) is 6.16. The van der Waals surface area contributed by atoms with E-state index in [-0.39, 0.29) is 6.04 Å². The fraction of sp³-hybridized carbons (Fsp3) is 0.333. The van der Waals surface area contributed by atoms with E-state index in [0.29, 0.717) is 6.61 Å². The van der Waals surface area contributed by atoms with E-state index < -0.39 is 0 Å². The summed E-state index contributed by atoms with van der Waals surface area (Å²) in [4.78, 5) is 1.27. The summed E-state index contributed by atoms with van der Waals surface area (Å²) in [6.45, 7) is 1.43. The van der Waals surface area contributed by atoms with Crippen LogP contribution in [0.4, 0.5) is 0 Å². The molecular weight excluding hydrogens is 338 g/mol. The molecule has 0 radical (unpaired) electrons. The lowest BCUT2D eigenvalue weighted by Gasteiger charge is -2.18. The van der Waals surface area contributed by atoms with Gasteiger partial charge in [0.2, 0.25) is 0 Å². The Kier molecular flexibility index (Phi) is 4.29. The number of hydrogen-bond acceptors (Lipinski definition) is 4. The van der Waals surface area contributed by atoms with Crippen LogP contribution in [0.2, 0.25) is 0 Å². The van der Waals surface area contributed by atoms with Crippen LogP contribution in [0, 0.1) is 0 Å². The highest BCUT2D eigenvalue weighted by Crippen LogP contribution is 2.37. The maximum Gasteiger partial charge on any atom is 0.161 e. The van der Waals surface area contributed by atoms with Crippen molar-refractivity contribution in [2.75, 3.05) is 20.3 Å². The van der Waals surface area contributed by atoms with Crippen LogP contribution >= 0.6 is 27.3 Å². The van der Waals surface area contributed by atoms with Crippen molar-refractivity contribution < 1.29 is 9.47 Å². The average molecular weight is 354 g/mol. The third-order valence-electron chi connectivity index (χ3n) is 3.30. The number of halogens is 1. The summed E-state index contributed by atoms with van der Waals surface area (Å²) in [5.41, 5.74) is 1.18. The van der Waals surface area contributed by atoms with Crippen LogP contribution in [-0.2, 0) is 0 Å². The molecular formula is C15H16BrNO2S. The van der Waals surface area contributed by atoms with Crippen molar-refractivity contribution in [2.24, 2.45) is 0 Å². The molecule has 1 aromatic heterocycles. The van der Waals surface area contributed by atoms with Crippen molar-refractivity contribution in [1.29, 1.82) is 0 Å². The maximum absolute atomic E-state index is 5.77. The van der Waals surface area contributed by atoms with E-state index in [0.717, 1.165) is 29.0 Å². The number of hydrogen-bond donors (Lipinski definition) is 1. The standard InChI is InChI=1S/C15H16BrNO2S/c1-17-14(15-11(16)5-8-20-15)10-3-4-12-13(9-10)19-7-2-6-18-12/h3-5,8-9,14,17H,2,6-7H2,1H3. The summed E-state index contributed by atoms with van der Waals surface area (Å²) in [7, 11) is 1.97. The van der Waals surface area contributed by atoms with Gasteiger partial charge >= 0.3 is 0 Å². The lowest BCUT2D eigenvalue weighted by atomic mass is 10.0. The Morgan fingerprint density at radius 2 is 2.00 bits per heavy atom. The van der Waals surface area contributed by atoms with Gasteiger partial charge in [-0.3, -0.25) is 0 Å². The molecule has 0 spiro atoms. The smallest absolute Gasteiger partial charge is 0.161 e. The minimum atomic E-state index is 0.154. The number of benzene rings is 1. The molecule has 0 saturated heterocycles. The largest absolute Gasteiger partial charge is 0.490 e. The van der Waals surface area contributed by atoms with Crippen LogP contribution in [0.15, 0.2) is 34.1 Å². The molecule has 0 bridgehead atoms. The first kappa shape index (κ1) is 13.9. The van der Waals surface area contributed by atoms with Crippen molar-refractivity contribution in [3.63, 3.8) is 0 Å². The summed E-state index contributed by atoms with van der Waals surface area (Å²) in [6.07, 6.45) is 0.927. The highest BCUT2D eigenvalue weighted by molar-refractivity contribution is 9.10. The molecule has 1 aliphatic heterocycles. The van der Waals surface area contributed by atoms with Crippen molar-refractivity contribution in [3.8, 4) is 11.5 Å². The first-order chi connectivity index (χ1) is 9.79. The van der Waals surface area contributed by atoms with Crippen LogP contribution in [0.1, 0.15) is 22.9 Å². The van der Waals surface area contributed by atoms with Gasteiger partial charge in [0, 0.05) is 15.8 Å². The molecule has 1 atom stereocenters. The third kappa shape index (κ3) is 2.71. The van der Waals surface area contributed by atoms with Gasteiger partial charge in [-0.05, 0) is 52.1 Å². The predicted octanol–water partition coefficient (Wildman–Crippen LogP) is 3.98. The molecule has 2 heterocycles. The van der Waals surface area contributed by atoms with Crippen LogP contribution in [0.5, 0.6) is 11.5 Å². The molecule has 3 rings (SSSR count). The summed E-state index contributed by atoms with van der Waals surface area (Å²) < 4.78 is 12.6. The topological polar surface area (TPSA) is 30.5 Å². The summed E-state index contributed by atoms with van der Waals surface area (Å²) in [5, 5.41) is 5.46. The van der Waals surface area contributed by atoms with E-state index in [4.69, 9.17) is 9.47 Å². The van der Waals surface area contributed by atoms with E-state index in [1.807, 2.05) is 13.1 Å². The summed E-state index contributed by atoms with van der Waals surface area (Å²) >= 11 is 5.34. The van der Waals surface area contributed by atoms with E-state index in [1.54, 1.807) is 11.3 Å². The monoisotopic (exact) mass is 353 g/mol. The van der Waals surface area contributed by atoms with E-state index >= 15 is 0 Å². The Morgan fingerprint density at radius 3 is 2.70 bits per heavy atom. The fourth-order valence-electron chi connectivity index (χ4n) is 2.32. The molecule has 3 nitrogen and oxygen atoms in total. The second-order valence-electron chi connectivity index (χ2n) is 4.61. The normalized spacial score (nSPS) is 15.7. The number of fused-ring (bicyclic) bond motifs is 1. The van der Waals surface area contributed by atoms with E-state index in [1.165, 1.54) is 10.4 Å². The molecule has 0 aliphatic carbocycles. The van der Waals surface area contributed by atoms with Gasteiger partial charge in [0.15, 0.2) is 11.5 Å². The molecule has 0 amide bonds. The Hall–Kier alpha value is -1.04. The zero-order valence-electron chi connectivity index (χ0n) is 11.2. The highest BCUT2D eigenvalue weighted by Gasteiger charge is 2.19. The van der Waals surface area contributed by atoms with E-state index in [2.05, 4.69) is 44.8 Å². The quantitative estimate of drug-likeness (QED) is 0.905. The SMILES string of the molecule is CNC(c1ccc2c(c1)OCCCO2)c1sccc1Br. The van der Waals surface area contributed by atoms with Gasteiger partial charge in [-0.15, -0.1) is 11.3 Å². The lowest BCUT2D eigenvalue weighted by Crippen LogP contribution is -2.17. The molecule has 2 aromatic rings. The fourth-order valence-corrected chi connectivity index (χ4v) is 4.06. The van der Waals surface area contributed by atoms with Crippen LogP contribution in [0.25, 0.3) is 0 Å². The highest BCUT2D eigenvalue weighted by atomic mass is 79.9. The van der Waals surface area contributed by atoms with Gasteiger partial charge in [-0.25, -0.2) is 0 Å². The Morgan fingerprint density at radius 1 is 1.20 bits per heavy atom. The second-order valence-corrected chi connectivity index (χ2v) is 6.41. The first-order valence-electron chi connectivity index (χ1n) is 6.59. The Bertz CT molecular complexity index is 599. The number of nitrogens with one attached hydrogen (secondary N) is 1. The molecule has 0 saturated carbocycles. The van der Waals surface area contributed by atoms with Crippen molar-refractivity contribution in [3.05, 3.63) is 44.6 Å². The van der Waals surface area contributed by atoms with Crippen LogP contribution < -0.4 is 14.8 Å². The predicted molar refractivity (Wildman–Crippen MR) is 85.0 cm³/mol.